The number of carbonyl (C=O) groups is 1. The van der Waals surface area contributed by atoms with Crippen LogP contribution < -0.4 is 10.9 Å². The maximum atomic E-state index is 13.1. The van der Waals surface area contributed by atoms with Crippen molar-refractivity contribution in [3.05, 3.63) is 105 Å². The van der Waals surface area contributed by atoms with Crippen molar-refractivity contribution in [1.82, 2.24) is 24.6 Å². The molecule has 0 atom stereocenters. The van der Waals surface area contributed by atoms with Crippen molar-refractivity contribution in [3.8, 4) is 11.3 Å². The first-order valence-electron chi connectivity index (χ1n) is 10.9. The van der Waals surface area contributed by atoms with Gasteiger partial charge in [-0.1, -0.05) is 60.7 Å². The van der Waals surface area contributed by atoms with Gasteiger partial charge in [-0.3, -0.25) is 14.3 Å². The van der Waals surface area contributed by atoms with Crippen molar-refractivity contribution in [2.75, 3.05) is 0 Å². The van der Waals surface area contributed by atoms with Crippen molar-refractivity contribution in [2.24, 2.45) is 7.05 Å². The number of carbonyl (C=O) groups excluding carboxylic acids is 1. The fourth-order valence-electron chi connectivity index (χ4n) is 3.96. The molecule has 0 saturated heterocycles. The highest BCUT2D eigenvalue weighted by Crippen LogP contribution is 2.27. The summed E-state index contributed by atoms with van der Waals surface area (Å²) < 4.78 is 3.33. The van der Waals surface area contributed by atoms with Crippen LogP contribution in [0.15, 0.2) is 78.0 Å². The topological polar surface area (TPSA) is 81.8 Å². The van der Waals surface area contributed by atoms with Crippen molar-refractivity contribution in [1.29, 1.82) is 0 Å². The first kappa shape index (κ1) is 21.8. The second-order valence-electron chi connectivity index (χ2n) is 8.13. The molecule has 8 heteroatoms. The Morgan fingerprint density at radius 3 is 2.50 bits per heavy atom. The molecule has 1 N–H and O–H groups in total. The molecule has 5 rings (SSSR count). The van der Waals surface area contributed by atoms with Crippen molar-refractivity contribution < 1.29 is 4.79 Å². The van der Waals surface area contributed by atoms with Gasteiger partial charge in [0.15, 0.2) is 0 Å². The van der Waals surface area contributed by atoms with Crippen molar-refractivity contribution >= 4 is 27.5 Å². The molecule has 34 heavy (non-hydrogen) atoms. The van der Waals surface area contributed by atoms with Gasteiger partial charge in [-0.15, -0.1) is 11.3 Å². The van der Waals surface area contributed by atoms with Gasteiger partial charge in [-0.05, 0) is 18.1 Å². The number of rotatable bonds is 6. The number of aryl methyl sites for hydroxylation is 2. The third-order valence-electron chi connectivity index (χ3n) is 5.73. The molecule has 1 amide bonds. The summed E-state index contributed by atoms with van der Waals surface area (Å²) in [5.41, 5.74) is 4.41. The average molecular weight is 470 g/mol. The molecule has 0 aliphatic heterocycles. The molecule has 0 saturated carbocycles. The van der Waals surface area contributed by atoms with Gasteiger partial charge in [0.2, 0.25) is 0 Å². The van der Waals surface area contributed by atoms with Gasteiger partial charge < -0.3 is 9.88 Å². The minimum atomic E-state index is -0.225. The molecule has 0 aliphatic rings. The molecule has 7 nitrogen and oxygen atoms in total. The number of benzene rings is 2. The van der Waals surface area contributed by atoms with Crippen LogP contribution in [0.3, 0.4) is 0 Å². The van der Waals surface area contributed by atoms with Crippen LogP contribution in [0.4, 0.5) is 0 Å². The van der Waals surface area contributed by atoms with Gasteiger partial charge in [0.05, 0.1) is 28.8 Å². The summed E-state index contributed by atoms with van der Waals surface area (Å²) in [6.45, 7) is 2.75. The Bertz CT molecular complexity index is 1530. The van der Waals surface area contributed by atoms with E-state index in [9.17, 15) is 9.59 Å². The molecular formula is C26H23N5O2S. The number of thiophene rings is 1. The molecule has 5 aromatic rings. The van der Waals surface area contributed by atoms with E-state index >= 15 is 0 Å². The molecule has 170 valence electrons. The predicted molar refractivity (Wildman–Crippen MR) is 134 cm³/mol. The van der Waals surface area contributed by atoms with Crippen molar-refractivity contribution in [2.45, 2.75) is 20.0 Å². The smallest absolute Gasteiger partial charge is 0.262 e. The summed E-state index contributed by atoms with van der Waals surface area (Å²) in [6, 6.07) is 20.1. The fraction of sp³-hybridized carbons (Fsp3) is 0.154. The lowest BCUT2D eigenvalue weighted by Gasteiger charge is -2.05. The molecule has 0 fully saturated rings. The largest absolute Gasteiger partial charge is 0.347 e. The number of hydrogen-bond acceptors (Lipinski definition) is 5. The summed E-state index contributed by atoms with van der Waals surface area (Å²) in [5.74, 6) is -0.225. The van der Waals surface area contributed by atoms with Crippen LogP contribution in [-0.4, -0.2) is 25.2 Å². The number of nitrogens with one attached hydrogen (secondary N) is 1. The van der Waals surface area contributed by atoms with Crippen LogP contribution >= 0.6 is 11.3 Å². The van der Waals surface area contributed by atoms with E-state index in [1.54, 1.807) is 14.0 Å². The van der Waals surface area contributed by atoms with E-state index in [1.165, 1.54) is 22.2 Å². The maximum absolute atomic E-state index is 13.1. The van der Waals surface area contributed by atoms with Gasteiger partial charge in [0.25, 0.3) is 11.5 Å². The Morgan fingerprint density at radius 2 is 1.76 bits per heavy atom. The summed E-state index contributed by atoms with van der Waals surface area (Å²) >= 11 is 1.24. The van der Waals surface area contributed by atoms with E-state index in [2.05, 4.69) is 22.4 Å². The predicted octanol–water partition coefficient (Wildman–Crippen LogP) is 4.15. The van der Waals surface area contributed by atoms with E-state index in [1.807, 2.05) is 59.4 Å². The zero-order valence-electron chi connectivity index (χ0n) is 18.9. The van der Waals surface area contributed by atoms with E-state index in [0.717, 1.165) is 22.4 Å². The minimum absolute atomic E-state index is 0.147. The molecule has 0 aliphatic carbocycles. The highest BCUT2D eigenvalue weighted by Gasteiger charge is 2.20. The van der Waals surface area contributed by atoms with E-state index in [0.29, 0.717) is 33.7 Å². The Labute approximate surface area is 200 Å². The van der Waals surface area contributed by atoms with Crippen LogP contribution in [0.5, 0.6) is 0 Å². The zero-order chi connectivity index (χ0) is 23.7. The summed E-state index contributed by atoms with van der Waals surface area (Å²) in [7, 11) is 1.66. The monoisotopic (exact) mass is 469 g/mol. The third kappa shape index (κ3) is 4.15. The Kier molecular flexibility index (Phi) is 5.81. The highest BCUT2D eigenvalue weighted by molar-refractivity contribution is 7.20. The first-order valence-corrected chi connectivity index (χ1v) is 11.7. The number of amides is 1. The number of nitrogens with zero attached hydrogens (tertiary/aromatic N) is 4. The normalized spacial score (nSPS) is 11.1. The zero-order valence-corrected chi connectivity index (χ0v) is 19.7. The van der Waals surface area contributed by atoms with E-state index in [4.69, 9.17) is 5.10 Å². The molecular weight excluding hydrogens is 446 g/mol. The SMILES string of the molecule is Cc1c(C(=O)NCc2cn(Cc3ccccc3)nc2-c2ccccc2)sc2ncn(C)c(=O)c12. The molecule has 0 unspecified atom stereocenters. The van der Waals surface area contributed by atoms with Crippen LogP contribution in [0.25, 0.3) is 21.5 Å². The molecule has 3 heterocycles. The van der Waals surface area contributed by atoms with Gasteiger partial charge in [-0.2, -0.15) is 5.10 Å². The number of aromatic nitrogens is 4. The first-order chi connectivity index (χ1) is 16.5. The van der Waals surface area contributed by atoms with Crippen LogP contribution in [-0.2, 0) is 20.1 Å². The summed E-state index contributed by atoms with van der Waals surface area (Å²) in [4.78, 5) is 31.0. The van der Waals surface area contributed by atoms with Gasteiger partial charge >= 0.3 is 0 Å². The number of fused-ring (bicyclic) bond motifs is 1. The van der Waals surface area contributed by atoms with Gasteiger partial charge in [0.1, 0.15) is 4.83 Å². The fourth-order valence-corrected chi connectivity index (χ4v) is 5.02. The molecule has 3 aromatic heterocycles. The van der Waals surface area contributed by atoms with Crippen LogP contribution in [0.2, 0.25) is 0 Å². The average Bonchev–Trinajstić information content (AvgIpc) is 3.42. The molecule has 0 bridgehead atoms. The molecule has 2 aromatic carbocycles. The molecule has 0 spiro atoms. The Hall–Kier alpha value is -4.04. The minimum Gasteiger partial charge on any atom is -0.347 e. The van der Waals surface area contributed by atoms with Crippen LogP contribution in [0.1, 0.15) is 26.4 Å². The lowest BCUT2D eigenvalue weighted by atomic mass is 10.1. The third-order valence-corrected chi connectivity index (χ3v) is 6.93. The van der Waals surface area contributed by atoms with E-state index in [-0.39, 0.29) is 11.5 Å². The Morgan fingerprint density at radius 1 is 1.06 bits per heavy atom. The van der Waals surface area contributed by atoms with Gasteiger partial charge in [-0.25, -0.2) is 4.98 Å². The second kappa shape index (κ2) is 9.07. The highest BCUT2D eigenvalue weighted by atomic mass is 32.1. The lowest BCUT2D eigenvalue weighted by Crippen LogP contribution is -2.23. The quantitative estimate of drug-likeness (QED) is 0.405. The Balaban J connectivity index is 1.43. The van der Waals surface area contributed by atoms with Gasteiger partial charge in [0, 0.05) is 30.9 Å². The lowest BCUT2D eigenvalue weighted by molar-refractivity contribution is 0.0954. The molecule has 0 radical (unpaired) electrons. The van der Waals surface area contributed by atoms with Crippen LogP contribution in [0, 0.1) is 6.92 Å². The standard InChI is InChI=1S/C26H23N5O2S/c1-17-21-25(28-16-30(2)26(21)33)34-23(17)24(32)27-13-20-15-31(14-18-9-5-3-6-10-18)29-22(20)19-11-7-4-8-12-19/h3-12,15-16H,13-14H2,1-2H3,(H,27,32). The number of hydrogen-bond donors (Lipinski definition) is 1. The van der Waals surface area contributed by atoms with E-state index < -0.39 is 0 Å². The summed E-state index contributed by atoms with van der Waals surface area (Å²) in [6.07, 6.45) is 3.46. The maximum Gasteiger partial charge on any atom is 0.262 e. The summed E-state index contributed by atoms with van der Waals surface area (Å²) in [5, 5.41) is 8.33. The second-order valence-corrected chi connectivity index (χ2v) is 9.13. The van der Waals surface area contributed by atoms with Crippen molar-refractivity contribution in [3.63, 3.8) is 0 Å².